The van der Waals surface area contributed by atoms with Crippen molar-refractivity contribution in [1.82, 2.24) is 9.97 Å². The maximum atomic E-state index is 11.6. The number of aromatic nitrogens is 2. The highest BCUT2D eigenvalue weighted by Crippen LogP contribution is 2.36. The number of aliphatic hydroxyl groups excluding tert-OH is 1. The molecule has 3 N–H and O–H groups in total. The molecule has 0 radical (unpaired) electrons. The van der Waals surface area contributed by atoms with Crippen LogP contribution in [0.4, 0.5) is 0 Å². The number of halogens is 1. The molecule has 0 aliphatic rings. The summed E-state index contributed by atoms with van der Waals surface area (Å²) in [6.45, 7) is 20.1. The van der Waals surface area contributed by atoms with Crippen molar-refractivity contribution in [3.63, 3.8) is 0 Å². The quantitative estimate of drug-likeness (QED) is 0.152. The van der Waals surface area contributed by atoms with Crippen LogP contribution in [-0.4, -0.2) is 23.1 Å². The Morgan fingerprint density at radius 1 is 0.700 bits per heavy atom. The van der Waals surface area contributed by atoms with Crippen molar-refractivity contribution >= 4 is 24.0 Å². The lowest BCUT2D eigenvalue weighted by Gasteiger charge is -2.27. The molecule has 0 aliphatic heterocycles. The minimum absolute atomic E-state index is 0.0195. The van der Waals surface area contributed by atoms with Crippen LogP contribution in [0, 0.1) is 11.5 Å². The Morgan fingerprint density at radius 3 is 1.73 bits per heavy atom. The molecule has 2 aromatic heterocycles. The van der Waals surface area contributed by atoms with E-state index in [0.717, 1.165) is 38.4 Å². The number of rotatable bonds is 5. The van der Waals surface area contributed by atoms with E-state index in [4.69, 9.17) is 0 Å². The van der Waals surface area contributed by atoms with Crippen LogP contribution >= 0.6 is 15.9 Å². The second kappa shape index (κ2) is 11.2. The van der Waals surface area contributed by atoms with Crippen LogP contribution in [0.25, 0.3) is 0 Å². The number of aromatic amines is 2. The Kier molecular flexibility index (Phi) is 8.48. The van der Waals surface area contributed by atoms with Crippen LogP contribution in [0.1, 0.15) is 98.5 Å². The largest absolute Gasteiger partial charge is 0.382 e. The molecule has 4 aromatic rings. The second-order valence-electron chi connectivity index (χ2n) is 13.9. The smallest absolute Gasteiger partial charge is 0.129 e. The van der Waals surface area contributed by atoms with Crippen LogP contribution in [0.5, 0.6) is 0 Å². The lowest BCUT2D eigenvalue weighted by molar-refractivity contribution is 0.215. The van der Waals surface area contributed by atoms with Gasteiger partial charge in [0, 0.05) is 22.6 Å². The van der Waals surface area contributed by atoms with Gasteiger partial charge in [0.05, 0.1) is 10.5 Å². The summed E-state index contributed by atoms with van der Waals surface area (Å²) >= 11 is 3.58. The molecule has 4 rings (SSSR count). The van der Waals surface area contributed by atoms with Crippen LogP contribution in [-0.2, 0) is 10.8 Å². The molecular formula is C35H43BrN2OSi. The first-order valence-corrected chi connectivity index (χ1v) is 18.3. The van der Waals surface area contributed by atoms with Crippen molar-refractivity contribution in [3.05, 3.63) is 116 Å². The first-order valence-electron chi connectivity index (χ1n) is 14.0. The normalized spacial score (nSPS) is 14.0. The number of hydrogen-bond acceptors (Lipinski definition) is 1. The molecule has 0 spiro atoms. The van der Waals surface area contributed by atoms with Crippen LogP contribution < -0.4 is 0 Å². The molecule has 3 nitrogen and oxygen atoms in total. The van der Waals surface area contributed by atoms with Gasteiger partial charge in [-0.1, -0.05) is 97.4 Å². The van der Waals surface area contributed by atoms with Crippen molar-refractivity contribution in [1.29, 1.82) is 0 Å². The summed E-state index contributed by atoms with van der Waals surface area (Å²) in [6, 6.07) is 23.4. The van der Waals surface area contributed by atoms with Crippen LogP contribution in [0.3, 0.4) is 0 Å². The molecule has 0 fully saturated rings. The van der Waals surface area contributed by atoms with Gasteiger partial charge >= 0.3 is 0 Å². The average Bonchev–Trinajstić information content (AvgIpc) is 3.51. The zero-order chi connectivity index (χ0) is 29.5. The lowest BCUT2D eigenvalue weighted by atomic mass is 9.79. The van der Waals surface area contributed by atoms with Gasteiger partial charge in [0.1, 0.15) is 14.2 Å². The maximum absolute atomic E-state index is 11.6. The Morgan fingerprint density at radius 2 is 1.23 bits per heavy atom. The minimum Gasteiger partial charge on any atom is -0.382 e. The molecule has 0 saturated heterocycles. The zero-order valence-corrected chi connectivity index (χ0v) is 27.9. The molecule has 2 aromatic carbocycles. The van der Waals surface area contributed by atoms with Gasteiger partial charge in [-0.2, -0.15) is 0 Å². The molecule has 40 heavy (non-hydrogen) atoms. The van der Waals surface area contributed by atoms with E-state index in [0.29, 0.717) is 0 Å². The van der Waals surface area contributed by atoms with E-state index in [-0.39, 0.29) is 16.7 Å². The number of benzene rings is 2. The summed E-state index contributed by atoms with van der Waals surface area (Å²) in [4.78, 5) is 7.05. The fourth-order valence-electron chi connectivity index (χ4n) is 4.71. The van der Waals surface area contributed by atoms with Crippen molar-refractivity contribution < 1.29 is 5.11 Å². The molecule has 0 amide bonds. The van der Waals surface area contributed by atoms with Crippen LogP contribution in [0.15, 0.2) is 71.3 Å². The molecule has 0 aliphatic carbocycles. The van der Waals surface area contributed by atoms with E-state index in [1.54, 1.807) is 0 Å². The summed E-state index contributed by atoms with van der Waals surface area (Å²) < 4.78 is 0.936. The van der Waals surface area contributed by atoms with Gasteiger partial charge in [-0.25, -0.2) is 0 Å². The highest BCUT2D eigenvalue weighted by molar-refractivity contribution is 9.10. The van der Waals surface area contributed by atoms with Gasteiger partial charge in [0.2, 0.25) is 0 Å². The fraction of sp³-hybridized carbons (Fsp3) is 0.371. The third-order valence-electron chi connectivity index (χ3n) is 7.15. The Bertz CT molecular complexity index is 1500. The Labute approximate surface area is 250 Å². The summed E-state index contributed by atoms with van der Waals surface area (Å²) in [5.74, 6) is 3.31. The third kappa shape index (κ3) is 7.29. The van der Waals surface area contributed by atoms with E-state index in [2.05, 4.69) is 153 Å². The van der Waals surface area contributed by atoms with Gasteiger partial charge in [-0.05, 0) is 85.4 Å². The Hall–Kier alpha value is -2.78. The summed E-state index contributed by atoms with van der Waals surface area (Å²) in [6.07, 6.45) is -0.757. The van der Waals surface area contributed by atoms with Gasteiger partial charge in [-0.15, -0.1) is 5.54 Å². The van der Waals surface area contributed by atoms with E-state index in [1.165, 1.54) is 11.1 Å². The molecule has 2 heterocycles. The summed E-state index contributed by atoms with van der Waals surface area (Å²) in [5, 5.41) is 11.6. The van der Waals surface area contributed by atoms with Gasteiger partial charge < -0.3 is 15.1 Å². The first kappa shape index (κ1) is 30.2. The average molecular weight is 616 g/mol. The molecule has 2 unspecified atom stereocenters. The molecule has 0 bridgehead atoms. The van der Waals surface area contributed by atoms with E-state index in [9.17, 15) is 5.11 Å². The predicted molar refractivity (Wildman–Crippen MR) is 175 cm³/mol. The van der Waals surface area contributed by atoms with Crippen LogP contribution in [0.2, 0.25) is 19.6 Å². The fourth-order valence-corrected chi connectivity index (χ4v) is 5.59. The van der Waals surface area contributed by atoms with E-state index in [1.807, 2.05) is 12.1 Å². The highest BCUT2D eigenvalue weighted by atomic mass is 79.9. The molecule has 5 heteroatoms. The maximum Gasteiger partial charge on any atom is 0.129 e. The predicted octanol–water partition coefficient (Wildman–Crippen LogP) is 9.19. The zero-order valence-electron chi connectivity index (χ0n) is 25.3. The molecule has 0 saturated carbocycles. The van der Waals surface area contributed by atoms with Crippen molar-refractivity contribution in [2.45, 2.75) is 84.0 Å². The topological polar surface area (TPSA) is 51.8 Å². The lowest BCUT2D eigenvalue weighted by Crippen LogP contribution is -2.18. The van der Waals surface area contributed by atoms with Gasteiger partial charge in [-0.3, -0.25) is 0 Å². The molecule has 210 valence electrons. The summed E-state index contributed by atoms with van der Waals surface area (Å²) in [7, 11) is -1.44. The molecule has 2 atom stereocenters. The SMILES string of the molecule is CC(C)(C)c1cc(C(O)c2ccc(C(c3ccc(C#C[Si](C)(C)C)cc3)c3ccc(Br)[nH]3)[nH]2)cc(C(C)(C)C)c1. The van der Waals surface area contributed by atoms with Gasteiger partial charge in [0.15, 0.2) is 0 Å². The van der Waals surface area contributed by atoms with E-state index < -0.39 is 14.2 Å². The highest BCUT2D eigenvalue weighted by Gasteiger charge is 2.25. The second-order valence-corrected chi connectivity index (χ2v) is 19.5. The van der Waals surface area contributed by atoms with Crippen molar-refractivity contribution in [3.8, 4) is 11.5 Å². The van der Waals surface area contributed by atoms with Crippen molar-refractivity contribution in [2.75, 3.05) is 0 Å². The number of H-pyrrole nitrogens is 2. The summed E-state index contributed by atoms with van der Waals surface area (Å²) in [5.41, 5.74) is 11.9. The monoisotopic (exact) mass is 614 g/mol. The Balaban J connectivity index is 1.73. The number of hydrogen-bond donors (Lipinski definition) is 3. The molecular weight excluding hydrogens is 572 g/mol. The minimum atomic E-state index is -1.44. The van der Waals surface area contributed by atoms with E-state index >= 15 is 0 Å². The van der Waals surface area contributed by atoms with Crippen molar-refractivity contribution in [2.24, 2.45) is 0 Å². The standard InChI is InChI=1S/C35H43BrN2OSi/c1-34(2,3)26-20-25(21-27(22-26)35(4,5)6)33(39)30-15-14-28(37-30)32(29-16-17-31(36)38-29)24-12-10-23(11-13-24)18-19-40(7,8)9/h10-17,20-22,32-33,37-39H,1-9H3. The first-order chi connectivity index (χ1) is 18.5. The number of nitrogens with one attached hydrogen (secondary N) is 2. The van der Waals surface area contributed by atoms with Gasteiger partial charge in [0.25, 0.3) is 0 Å². The number of aliphatic hydroxyl groups is 1. The third-order valence-corrected chi connectivity index (χ3v) is 8.49.